The third-order valence-corrected chi connectivity index (χ3v) is 18.2. The van der Waals surface area contributed by atoms with Gasteiger partial charge in [-0.25, -0.2) is 13.8 Å². The lowest BCUT2D eigenvalue weighted by Crippen LogP contribution is -2.43. The quantitative estimate of drug-likeness (QED) is 0.0754. The number of aryl methyl sites for hydroxylation is 3. The van der Waals surface area contributed by atoms with Crippen molar-refractivity contribution in [1.82, 2.24) is 39.8 Å². The SMILES string of the molecule is CCc1c(F)ccc2cc(N)cc(-c3nc4c5c(nc(OCC67CCCN6CCC7)nc5c3F)N3CCCOCC3CC4)c12.COC.Cn1nc(C2CCC(=O)NC2=O)c2ccc(N3CCC(CC4CCN(C=O)CC4)CC3)cc21. The van der Waals surface area contributed by atoms with E-state index in [-0.39, 0.29) is 52.4 Å². The molecule has 3 aromatic heterocycles. The number of imide groups is 1. The van der Waals surface area contributed by atoms with Crippen molar-refractivity contribution in [2.45, 2.75) is 121 Å². The molecule has 6 fully saturated rings. The number of ether oxygens (including phenoxy) is 3. The van der Waals surface area contributed by atoms with Crippen molar-refractivity contribution in [3.8, 4) is 17.3 Å². The fourth-order valence-corrected chi connectivity index (χ4v) is 14.1. The summed E-state index contributed by atoms with van der Waals surface area (Å²) >= 11 is 0. The number of methoxy groups -OCH3 is 1. The maximum atomic E-state index is 17.0. The van der Waals surface area contributed by atoms with Crippen molar-refractivity contribution in [3.05, 3.63) is 71.1 Å². The summed E-state index contributed by atoms with van der Waals surface area (Å²) in [5.41, 5.74) is 11.8. The van der Waals surface area contributed by atoms with Gasteiger partial charge in [0.2, 0.25) is 18.2 Å². The van der Waals surface area contributed by atoms with Crippen LogP contribution in [-0.4, -0.2) is 144 Å². The molecule has 19 heteroatoms. The molecule has 0 radical (unpaired) electrons. The van der Waals surface area contributed by atoms with Crippen LogP contribution in [0.25, 0.3) is 43.8 Å². The Bertz CT molecular complexity index is 3260. The highest BCUT2D eigenvalue weighted by atomic mass is 19.1. The number of fused-ring (bicyclic) bond motifs is 5. The first-order valence-corrected chi connectivity index (χ1v) is 29.2. The Morgan fingerprint density at radius 1 is 0.863 bits per heavy atom. The number of carbonyl (C=O) groups is 3. The predicted octanol–water partition coefficient (Wildman–Crippen LogP) is 8.65. The normalized spacial score (nSPS) is 21.6. The van der Waals surface area contributed by atoms with E-state index in [0.717, 1.165) is 143 Å². The van der Waals surface area contributed by atoms with Gasteiger partial charge in [-0.2, -0.15) is 15.1 Å². The van der Waals surface area contributed by atoms with E-state index in [9.17, 15) is 14.4 Å². The summed E-state index contributed by atoms with van der Waals surface area (Å²) in [6.07, 6.45) is 15.0. The molecule has 80 heavy (non-hydrogen) atoms. The van der Waals surface area contributed by atoms with Crippen molar-refractivity contribution < 1.29 is 37.4 Å². The maximum absolute atomic E-state index is 17.0. The third-order valence-electron chi connectivity index (χ3n) is 18.2. The van der Waals surface area contributed by atoms with E-state index in [2.05, 4.69) is 48.1 Å². The largest absolute Gasteiger partial charge is 0.461 e. The molecule has 0 spiro atoms. The van der Waals surface area contributed by atoms with Crippen LogP contribution in [0.3, 0.4) is 0 Å². The number of benzene rings is 3. The standard InChI is InChI=1S/C34H38F2N6O2.C25H33N5O3.C2H6O/c1-2-23-25(35)8-6-20-16-21(37)17-24(27(20)23)30-29(36)31-28-26(38-30)9-7-22-18-43-15-5-14-42(22)32(28)40-33(39-31)44-19-34-10-3-12-41(34)13-4-11-34;1-28-22-15-19(2-3-20(22)24(27-28)21-4-5-23(32)26-25(21)33)30-12-8-18(9-13-30)14-17-6-10-29(16-31)11-7-17;1-3-2/h6,8,16-17,22H,2-5,7,9-15,18-19,37H2,1H3;2-3,15-18,21H,4-14H2,1H3,(H,26,32,33);1-2H3. The second-order valence-corrected chi connectivity index (χ2v) is 23.2. The Hall–Kier alpha value is -6.57. The highest BCUT2D eigenvalue weighted by Gasteiger charge is 2.45. The summed E-state index contributed by atoms with van der Waals surface area (Å²) < 4.78 is 50.6. The number of anilines is 3. The molecule has 3 aromatic carbocycles. The van der Waals surface area contributed by atoms with Gasteiger partial charge in [-0.05, 0) is 168 Å². The average molecular weight is 1100 g/mol. The number of hydrogen-bond acceptors (Lipinski definition) is 14. The number of halogens is 2. The molecule has 426 valence electrons. The van der Waals surface area contributed by atoms with Crippen LogP contribution < -0.4 is 25.6 Å². The summed E-state index contributed by atoms with van der Waals surface area (Å²) in [6.45, 7) is 10.5. The lowest BCUT2D eigenvalue weighted by atomic mass is 9.83. The van der Waals surface area contributed by atoms with Crippen molar-refractivity contribution in [2.75, 3.05) is 95.4 Å². The Balaban J connectivity index is 0.000000167. The Morgan fingerprint density at radius 2 is 1.61 bits per heavy atom. The summed E-state index contributed by atoms with van der Waals surface area (Å²) in [4.78, 5) is 58.7. The molecule has 10 heterocycles. The monoisotopic (exact) mass is 1100 g/mol. The van der Waals surface area contributed by atoms with E-state index in [0.29, 0.717) is 78.9 Å². The number of amides is 3. The number of rotatable bonds is 10. The van der Waals surface area contributed by atoms with Gasteiger partial charge in [0.1, 0.15) is 29.5 Å². The molecule has 7 aliphatic heterocycles. The van der Waals surface area contributed by atoms with Gasteiger partial charge in [0.15, 0.2) is 5.82 Å². The molecule has 3 N–H and O–H groups in total. The Kier molecular flexibility index (Phi) is 16.5. The zero-order valence-electron chi connectivity index (χ0n) is 46.9. The Morgan fingerprint density at radius 3 is 2.34 bits per heavy atom. The molecule has 0 saturated carbocycles. The molecule has 2 atom stereocenters. The predicted molar refractivity (Wildman–Crippen MR) is 306 cm³/mol. The molecule has 13 rings (SSSR count). The molecule has 0 aliphatic carbocycles. The van der Waals surface area contributed by atoms with Gasteiger partial charge in [-0.3, -0.25) is 29.3 Å². The van der Waals surface area contributed by atoms with Crippen molar-refractivity contribution >= 4 is 68.0 Å². The van der Waals surface area contributed by atoms with Crippen LogP contribution in [0.15, 0.2) is 42.5 Å². The molecule has 3 amide bonds. The fourth-order valence-electron chi connectivity index (χ4n) is 14.1. The zero-order chi connectivity index (χ0) is 55.7. The van der Waals surface area contributed by atoms with Crippen LogP contribution >= 0.6 is 0 Å². The molecule has 7 aliphatic rings. The number of carbonyl (C=O) groups excluding carboxylic acids is 3. The number of hydrogen-bond donors (Lipinski definition) is 2. The van der Waals surface area contributed by atoms with Gasteiger partial charge in [-0.15, -0.1) is 0 Å². The number of nitrogens with zero attached hydrogens (tertiary/aromatic N) is 9. The number of nitrogen functional groups attached to an aromatic ring is 1. The fraction of sp³-hybridized carbons (Fsp3) is 0.557. The van der Waals surface area contributed by atoms with E-state index in [1.807, 2.05) is 23.6 Å². The van der Waals surface area contributed by atoms with Crippen LogP contribution in [0.1, 0.15) is 113 Å². The van der Waals surface area contributed by atoms with E-state index in [1.165, 1.54) is 31.0 Å². The lowest BCUT2D eigenvalue weighted by Gasteiger charge is -2.37. The Labute approximate surface area is 466 Å². The van der Waals surface area contributed by atoms with Crippen LogP contribution in [0.5, 0.6) is 6.01 Å². The highest BCUT2D eigenvalue weighted by Crippen LogP contribution is 2.44. The summed E-state index contributed by atoms with van der Waals surface area (Å²) in [5.74, 6) is 0.486. The van der Waals surface area contributed by atoms with E-state index in [1.54, 1.807) is 32.4 Å². The second-order valence-electron chi connectivity index (χ2n) is 23.2. The summed E-state index contributed by atoms with van der Waals surface area (Å²) in [6, 6.07) is 13.3. The first kappa shape index (κ1) is 55.3. The number of nitrogens with two attached hydrogens (primary N) is 1. The van der Waals surface area contributed by atoms with E-state index < -0.39 is 5.82 Å². The van der Waals surface area contributed by atoms with Gasteiger partial charge < -0.3 is 34.6 Å². The summed E-state index contributed by atoms with van der Waals surface area (Å²) in [5, 5.41) is 10.1. The van der Waals surface area contributed by atoms with Crippen LogP contribution in [0.2, 0.25) is 0 Å². The smallest absolute Gasteiger partial charge is 0.319 e. The van der Waals surface area contributed by atoms with Crippen molar-refractivity contribution in [1.29, 1.82) is 0 Å². The molecule has 2 unspecified atom stereocenters. The molecule has 17 nitrogen and oxygen atoms in total. The van der Waals surface area contributed by atoms with Gasteiger partial charge in [-0.1, -0.05) is 13.0 Å². The number of likely N-dealkylation sites (tertiary alicyclic amines) is 1. The second kappa shape index (κ2) is 23.9. The van der Waals surface area contributed by atoms with Gasteiger partial charge >= 0.3 is 6.01 Å². The first-order chi connectivity index (χ1) is 38.9. The third kappa shape index (κ3) is 11.0. The van der Waals surface area contributed by atoms with Crippen LogP contribution in [0, 0.1) is 23.5 Å². The van der Waals surface area contributed by atoms with Crippen molar-refractivity contribution in [3.63, 3.8) is 0 Å². The minimum Gasteiger partial charge on any atom is -0.461 e. The summed E-state index contributed by atoms with van der Waals surface area (Å²) in [7, 11) is 5.17. The molecule has 6 saturated heterocycles. The van der Waals surface area contributed by atoms with E-state index in [4.69, 9.17) is 30.2 Å². The highest BCUT2D eigenvalue weighted by molar-refractivity contribution is 6.04. The maximum Gasteiger partial charge on any atom is 0.319 e. The van der Waals surface area contributed by atoms with Crippen LogP contribution in [0.4, 0.5) is 26.0 Å². The molecule has 6 aromatic rings. The minimum atomic E-state index is -0.568. The van der Waals surface area contributed by atoms with Crippen molar-refractivity contribution in [2.24, 2.45) is 18.9 Å². The molecular weight excluding hydrogens is 1020 g/mol. The molecule has 0 bridgehead atoms. The van der Waals surface area contributed by atoms with Gasteiger partial charge in [0.05, 0.1) is 46.4 Å². The van der Waals surface area contributed by atoms with Gasteiger partial charge in [0.25, 0.3) is 0 Å². The van der Waals surface area contributed by atoms with Crippen LogP contribution in [-0.2, 0) is 43.7 Å². The van der Waals surface area contributed by atoms with E-state index >= 15 is 8.78 Å². The minimum absolute atomic E-state index is 0.000364. The topological polar surface area (TPSA) is 186 Å². The average Bonchev–Trinajstić information content (AvgIpc) is 4.16. The molecular formula is C61H77F2N11O6. The number of nitrogens with one attached hydrogen (secondary N) is 1. The zero-order valence-corrected chi connectivity index (χ0v) is 46.9. The first-order valence-electron chi connectivity index (χ1n) is 29.2. The lowest BCUT2D eigenvalue weighted by molar-refractivity contribution is -0.134. The van der Waals surface area contributed by atoms with Gasteiger partial charge in [0, 0.05) is 89.3 Å². The number of piperidine rings is 3. The number of aromatic nitrogens is 5. The number of pyridine rings is 1.